The number of benzene rings is 1. The van der Waals surface area contributed by atoms with Crippen LogP contribution in [0, 0.1) is 5.92 Å². The van der Waals surface area contributed by atoms with Crippen molar-refractivity contribution < 1.29 is 37.0 Å². The van der Waals surface area contributed by atoms with E-state index in [0.717, 1.165) is 11.4 Å². The van der Waals surface area contributed by atoms with E-state index in [-0.39, 0.29) is 19.7 Å². The second-order valence-electron chi connectivity index (χ2n) is 7.43. The molecule has 1 amide bonds. The van der Waals surface area contributed by atoms with Gasteiger partial charge in [-0.25, -0.2) is 9.78 Å². The first kappa shape index (κ1) is 23.4. The van der Waals surface area contributed by atoms with E-state index < -0.39 is 30.8 Å². The summed E-state index contributed by atoms with van der Waals surface area (Å²) in [6.45, 7) is -0.926. The van der Waals surface area contributed by atoms with E-state index in [1.165, 1.54) is 4.90 Å². The predicted octanol–water partition coefficient (Wildman–Crippen LogP) is 3.45. The number of halogens is 3. The van der Waals surface area contributed by atoms with Crippen LogP contribution in [0.3, 0.4) is 0 Å². The average Bonchev–Trinajstić information content (AvgIpc) is 3.19. The molecule has 11 heteroatoms. The van der Waals surface area contributed by atoms with Crippen LogP contribution in [-0.4, -0.2) is 52.4 Å². The molecule has 0 N–H and O–H groups in total. The molecule has 0 saturated carbocycles. The van der Waals surface area contributed by atoms with Gasteiger partial charge in [0.2, 0.25) is 0 Å². The molecule has 1 fully saturated rings. The quantitative estimate of drug-likeness (QED) is 0.595. The minimum atomic E-state index is -4.57. The first-order chi connectivity index (χ1) is 15.2. The SMILES string of the molecule is Cn1ccnc1COc1ccc(COC(=O)C2CCN(C(=O)OCC(F)(F)F)CC2)cc1. The third-order valence-electron chi connectivity index (χ3n) is 5.04. The van der Waals surface area contributed by atoms with E-state index >= 15 is 0 Å². The largest absolute Gasteiger partial charge is 0.486 e. The highest BCUT2D eigenvalue weighted by Gasteiger charge is 2.33. The number of esters is 1. The second-order valence-corrected chi connectivity index (χ2v) is 7.43. The van der Waals surface area contributed by atoms with Gasteiger partial charge < -0.3 is 23.7 Å². The van der Waals surface area contributed by atoms with Crippen LogP contribution < -0.4 is 4.74 Å². The first-order valence-corrected chi connectivity index (χ1v) is 10.0. The number of amides is 1. The van der Waals surface area contributed by atoms with E-state index in [9.17, 15) is 22.8 Å². The fourth-order valence-corrected chi connectivity index (χ4v) is 3.17. The summed E-state index contributed by atoms with van der Waals surface area (Å²) in [5.74, 6) is 0.640. The molecule has 1 saturated heterocycles. The van der Waals surface area contributed by atoms with E-state index in [0.29, 0.717) is 25.2 Å². The fourth-order valence-electron chi connectivity index (χ4n) is 3.17. The molecule has 1 aliphatic rings. The van der Waals surface area contributed by atoms with E-state index in [1.54, 1.807) is 30.5 Å². The third-order valence-corrected chi connectivity index (χ3v) is 5.04. The van der Waals surface area contributed by atoms with Crippen LogP contribution >= 0.6 is 0 Å². The predicted molar refractivity (Wildman–Crippen MR) is 105 cm³/mol. The Labute approximate surface area is 182 Å². The number of hydrogen-bond acceptors (Lipinski definition) is 6. The number of alkyl halides is 3. The zero-order valence-electron chi connectivity index (χ0n) is 17.5. The van der Waals surface area contributed by atoms with Crippen LogP contribution in [0.15, 0.2) is 36.7 Å². The monoisotopic (exact) mass is 455 g/mol. The molecule has 0 atom stereocenters. The topological polar surface area (TPSA) is 82.9 Å². The van der Waals surface area contributed by atoms with Crippen LogP contribution in [0.4, 0.5) is 18.0 Å². The molecule has 0 bridgehead atoms. The molecule has 1 aromatic heterocycles. The molecule has 0 aliphatic carbocycles. The summed E-state index contributed by atoms with van der Waals surface area (Å²) in [7, 11) is 1.88. The van der Waals surface area contributed by atoms with Gasteiger partial charge in [0.1, 0.15) is 24.8 Å². The summed E-state index contributed by atoms with van der Waals surface area (Å²) in [6.07, 6.45) is -1.46. The Bertz CT molecular complexity index is 906. The van der Waals surface area contributed by atoms with Gasteiger partial charge in [-0.15, -0.1) is 0 Å². The van der Waals surface area contributed by atoms with Gasteiger partial charge in [0.15, 0.2) is 6.61 Å². The summed E-state index contributed by atoms with van der Waals surface area (Å²) in [6, 6.07) is 7.13. The van der Waals surface area contributed by atoms with Crippen molar-refractivity contribution in [3.05, 3.63) is 48.0 Å². The summed E-state index contributed by atoms with van der Waals surface area (Å²) in [5.41, 5.74) is 0.788. The average molecular weight is 455 g/mol. The molecule has 3 rings (SSSR count). The summed E-state index contributed by atoms with van der Waals surface area (Å²) in [4.78, 5) is 29.3. The maximum absolute atomic E-state index is 12.3. The number of carbonyl (C=O) groups excluding carboxylic acids is 2. The number of aryl methyl sites for hydroxylation is 1. The lowest BCUT2D eigenvalue weighted by Gasteiger charge is -2.30. The van der Waals surface area contributed by atoms with Crippen molar-refractivity contribution in [3.63, 3.8) is 0 Å². The Morgan fingerprint density at radius 3 is 2.38 bits per heavy atom. The highest BCUT2D eigenvalue weighted by Crippen LogP contribution is 2.22. The van der Waals surface area contributed by atoms with Crippen molar-refractivity contribution >= 4 is 12.1 Å². The number of ether oxygens (including phenoxy) is 3. The highest BCUT2D eigenvalue weighted by molar-refractivity contribution is 5.73. The number of imidazole rings is 1. The van der Waals surface area contributed by atoms with Gasteiger partial charge in [-0.05, 0) is 30.5 Å². The molecule has 174 valence electrons. The van der Waals surface area contributed by atoms with Gasteiger partial charge in [0.25, 0.3) is 0 Å². The van der Waals surface area contributed by atoms with Crippen LogP contribution in [0.25, 0.3) is 0 Å². The van der Waals surface area contributed by atoms with Crippen molar-refractivity contribution in [1.29, 1.82) is 0 Å². The number of aromatic nitrogens is 2. The van der Waals surface area contributed by atoms with Gasteiger partial charge in [0.05, 0.1) is 5.92 Å². The molecular formula is C21H24F3N3O5. The number of likely N-dealkylation sites (tertiary alicyclic amines) is 1. The van der Waals surface area contributed by atoms with Crippen LogP contribution in [-0.2, 0) is 34.5 Å². The minimum absolute atomic E-state index is 0.0896. The van der Waals surface area contributed by atoms with Gasteiger partial charge >= 0.3 is 18.2 Å². The van der Waals surface area contributed by atoms with Gasteiger partial charge in [-0.3, -0.25) is 4.79 Å². The lowest BCUT2D eigenvalue weighted by Crippen LogP contribution is -2.41. The maximum Gasteiger partial charge on any atom is 0.422 e. The van der Waals surface area contributed by atoms with Gasteiger partial charge in [-0.2, -0.15) is 13.2 Å². The fraction of sp³-hybridized carbons (Fsp3) is 0.476. The van der Waals surface area contributed by atoms with Crippen LogP contribution in [0.5, 0.6) is 5.75 Å². The summed E-state index contributed by atoms with van der Waals surface area (Å²) >= 11 is 0. The Balaban J connectivity index is 1.37. The Hall–Kier alpha value is -3.24. The molecule has 0 unspecified atom stereocenters. The maximum atomic E-state index is 12.3. The van der Waals surface area contributed by atoms with E-state index in [4.69, 9.17) is 9.47 Å². The smallest absolute Gasteiger partial charge is 0.422 e. The van der Waals surface area contributed by atoms with Crippen molar-refractivity contribution in [3.8, 4) is 5.75 Å². The van der Waals surface area contributed by atoms with E-state index in [1.807, 2.05) is 17.8 Å². The number of carbonyl (C=O) groups is 2. The highest BCUT2D eigenvalue weighted by atomic mass is 19.4. The number of rotatable bonds is 7. The zero-order chi connectivity index (χ0) is 23.1. The minimum Gasteiger partial charge on any atom is -0.486 e. The van der Waals surface area contributed by atoms with E-state index in [2.05, 4.69) is 9.72 Å². The molecule has 1 aromatic carbocycles. The van der Waals surface area contributed by atoms with Crippen molar-refractivity contribution in [1.82, 2.24) is 14.5 Å². The standard InChI is InChI=1S/C21H24F3N3O5/c1-26-11-8-25-18(26)13-30-17-4-2-15(3-5-17)12-31-19(28)16-6-9-27(10-7-16)20(29)32-14-21(22,23)24/h2-5,8,11,16H,6-7,9-10,12-14H2,1H3. The molecule has 2 heterocycles. The Morgan fingerprint density at radius 2 is 1.78 bits per heavy atom. The lowest BCUT2D eigenvalue weighted by molar-refractivity contribution is -0.163. The van der Waals surface area contributed by atoms with Crippen molar-refractivity contribution in [2.45, 2.75) is 32.2 Å². The Kier molecular flexibility index (Phi) is 7.60. The lowest BCUT2D eigenvalue weighted by atomic mass is 9.97. The first-order valence-electron chi connectivity index (χ1n) is 10.0. The van der Waals surface area contributed by atoms with Crippen molar-refractivity contribution in [2.24, 2.45) is 13.0 Å². The number of piperidine rings is 1. The molecule has 2 aromatic rings. The molecule has 0 spiro atoms. The second kappa shape index (κ2) is 10.4. The molecule has 1 aliphatic heterocycles. The Morgan fingerprint density at radius 1 is 1.09 bits per heavy atom. The third kappa shape index (κ3) is 6.89. The van der Waals surface area contributed by atoms with Crippen LogP contribution in [0.2, 0.25) is 0 Å². The molecule has 8 nitrogen and oxygen atoms in total. The number of hydrogen-bond donors (Lipinski definition) is 0. The molecular weight excluding hydrogens is 431 g/mol. The number of nitrogens with zero attached hydrogens (tertiary/aromatic N) is 3. The van der Waals surface area contributed by atoms with Gasteiger partial charge in [-0.1, -0.05) is 12.1 Å². The van der Waals surface area contributed by atoms with Gasteiger partial charge in [0, 0.05) is 32.5 Å². The molecule has 0 radical (unpaired) electrons. The summed E-state index contributed by atoms with van der Waals surface area (Å²) in [5, 5.41) is 0. The van der Waals surface area contributed by atoms with Crippen molar-refractivity contribution in [2.75, 3.05) is 19.7 Å². The summed E-state index contributed by atoms with van der Waals surface area (Å²) < 4.78 is 53.6. The van der Waals surface area contributed by atoms with Crippen LogP contribution in [0.1, 0.15) is 24.2 Å². The molecule has 32 heavy (non-hydrogen) atoms. The zero-order valence-corrected chi connectivity index (χ0v) is 17.5. The normalized spacial score (nSPS) is 14.8.